The summed E-state index contributed by atoms with van der Waals surface area (Å²) < 4.78 is 4.77. The van der Waals surface area contributed by atoms with Gasteiger partial charge in [-0.05, 0) is 43.3 Å². The van der Waals surface area contributed by atoms with Crippen LogP contribution in [0.4, 0.5) is 11.4 Å². The van der Waals surface area contributed by atoms with E-state index in [1.807, 2.05) is 6.07 Å². The van der Waals surface area contributed by atoms with E-state index in [0.717, 1.165) is 0 Å². The van der Waals surface area contributed by atoms with Gasteiger partial charge in [-0.3, -0.25) is 4.79 Å². The molecule has 2 rings (SSSR count). The van der Waals surface area contributed by atoms with Crippen LogP contribution in [-0.4, -0.2) is 18.5 Å². The molecule has 6 nitrogen and oxygen atoms in total. The lowest BCUT2D eigenvalue weighted by molar-refractivity contribution is -0.138. The second-order valence-electron chi connectivity index (χ2n) is 4.93. The van der Waals surface area contributed by atoms with Crippen LogP contribution in [0.25, 0.3) is 0 Å². The number of carbonyl (C=O) groups is 2. The second-order valence-corrected chi connectivity index (χ2v) is 4.93. The molecular weight excluding hydrogens is 318 g/mol. The van der Waals surface area contributed by atoms with Gasteiger partial charge in [0.1, 0.15) is 6.07 Å². The van der Waals surface area contributed by atoms with E-state index in [1.54, 1.807) is 61.5 Å². The molecule has 0 aliphatic heterocycles. The number of hydrogen-bond acceptors (Lipinski definition) is 5. The highest BCUT2D eigenvalue weighted by atomic mass is 16.5. The van der Waals surface area contributed by atoms with Crippen LogP contribution >= 0.6 is 0 Å². The molecule has 2 N–H and O–H groups in total. The molecule has 0 heterocycles. The van der Waals surface area contributed by atoms with Crippen molar-refractivity contribution in [1.82, 2.24) is 0 Å². The third-order valence-electron chi connectivity index (χ3n) is 3.18. The van der Waals surface area contributed by atoms with E-state index in [2.05, 4.69) is 10.6 Å². The summed E-state index contributed by atoms with van der Waals surface area (Å²) in [5, 5.41) is 14.6. The van der Waals surface area contributed by atoms with Crippen LogP contribution in [0.2, 0.25) is 0 Å². The maximum absolute atomic E-state index is 12.1. The lowest BCUT2D eigenvalue weighted by Crippen LogP contribution is -2.11. The zero-order chi connectivity index (χ0) is 18.1. The molecular formula is C19H17N3O3. The maximum atomic E-state index is 12.1. The number of nitriles is 1. The van der Waals surface area contributed by atoms with Gasteiger partial charge >= 0.3 is 5.97 Å². The molecule has 0 aliphatic carbocycles. The van der Waals surface area contributed by atoms with Crippen molar-refractivity contribution in [2.24, 2.45) is 0 Å². The summed E-state index contributed by atoms with van der Waals surface area (Å²) >= 11 is 0. The number of amides is 1. The molecule has 0 saturated carbocycles. The van der Waals surface area contributed by atoms with Gasteiger partial charge in [0.25, 0.3) is 5.91 Å². The minimum atomic E-state index is -0.677. The highest BCUT2D eigenvalue weighted by Crippen LogP contribution is 2.15. The Balaban J connectivity index is 1.99. The molecule has 2 aromatic rings. The first-order valence-corrected chi connectivity index (χ1v) is 7.64. The second kappa shape index (κ2) is 8.89. The van der Waals surface area contributed by atoms with Crippen molar-refractivity contribution >= 4 is 23.3 Å². The number of nitrogens with one attached hydrogen (secondary N) is 2. The average Bonchev–Trinajstić information content (AvgIpc) is 2.64. The van der Waals surface area contributed by atoms with Crippen molar-refractivity contribution in [2.45, 2.75) is 6.92 Å². The molecule has 6 heteroatoms. The number of carbonyl (C=O) groups excluding carboxylic acids is 2. The molecule has 0 radical (unpaired) electrons. The van der Waals surface area contributed by atoms with Gasteiger partial charge in [0, 0.05) is 23.1 Å². The number of nitrogens with zero attached hydrogens (tertiary/aromatic N) is 1. The number of anilines is 2. The number of rotatable bonds is 6. The molecule has 0 aliphatic rings. The van der Waals surface area contributed by atoms with Gasteiger partial charge in [-0.1, -0.05) is 18.2 Å². The Kier molecular flexibility index (Phi) is 6.32. The summed E-state index contributed by atoms with van der Waals surface area (Å²) in [6, 6.07) is 17.5. The van der Waals surface area contributed by atoms with Crippen LogP contribution < -0.4 is 10.6 Å². The molecule has 0 spiro atoms. The van der Waals surface area contributed by atoms with Crippen molar-refractivity contribution in [2.75, 3.05) is 17.2 Å². The van der Waals surface area contributed by atoms with E-state index in [4.69, 9.17) is 10.00 Å². The van der Waals surface area contributed by atoms with Crippen LogP contribution in [-0.2, 0) is 9.53 Å². The number of ether oxygens (including phenoxy) is 1. The van der Waals surface area contributed by atoms with E-state index < -0.39 is 5.97 Å². The lowest BCUT2D eigenvalue weighted by Gasteiger charge is -2.07. The van der Waals surface area contributed by atoms with E-state index in [-0.39, 0.29) is 18.1 Å². The Bertz CT molecular complexity index is 806. The van der Waals surface area contributed by atoms with Crippen LogP contribution in [0.15, 0.2) is 66.4 Å². The van der Waals surface area contributed by atoms with E-state index in [1.165, 1.54) is 6.20 Å². The maximum Gasteiger partial charge on any atom is 0.350 e. The quantitative estimate of drug-likeness (QED) is 0.480. The monoisotopic (exact) mass is 335 g/mol. The molecule has 126 valence electrons. The summed E-state index contributed by atoms with van der Waals surface area (Å²) in [7, 11) is 0. The van der Waals surface area contributed by atoms with E-state index >= 15 is 0 Å². The van der Waals surface area contributed by atoms with Gasteiger partial charge in [0.2, 0.25) is 0 Å². The lowest BCUT2D eigenvalue weighted by atomic mass is 10.2. The number of benzene rings is 2. The average molecular weight is 335 g/mol. The summed E-state index contributed by atoms with van der Waals surface area (Å²) in [6.45, 7) is 1.87. The minimum absolute atomic E-state index is 0.122. The standard InChI is InChI=1S/C19H17N3O3/c1-2-25-19(24)15(12-20)13-21-16-8-10-17(11-9-16)22-18(23)14-6-4-3-5-7-14/h3-11,13,21H,2H2,1H3,(H,22,23)/b15-13-. The van der Waals surface area contributed by atoms with Crippen LogP contribution in [0, 0.1) is 11.3 Å². The van der Waals surface area contributed by atoms with Crippen LogP contribution in [0.5, 0.6) is 0 Å². The Morgan fingerprint density at radius 1 is 1.08 bits per heavy atom. The van der Waals surface area contributed by atoms with Crippen molar-refractivity contribution in [1.29, 1.82) is 5.26 Å². The fourth-order valence-electron chi connectivity index (χ4n) is 1.94. The molecule has 0 bridgehead atoms. The molecule has 0 saturated heterocycles. The number of hydrogen-bond donors (Lipinski definition) is 2. The van der Waals surface area contributed by atoms with Gasteiger partial charge < -0.3 is 15.4 Å². The Morgan fingerprint density at radius 2 is 1.72 bits per heavy atom. The first-order valence-electron chi connectivity index (χ1n) is 7.64. The van der Waals surface area contributed by atoms with Crippen molar-refractivity contribution in [3.05, 3.63) is 71.9 Å². The zero-order valence-electron chi connectivity index (χ0n) is 13.7. The van der Waals surface area contributed by atoms with E-state index in [0.29, 0.717) is 16.9 Å². The smallest absolute Gasteiger partial charge is 0.350 e. The van der Waals surface area contributed by atoms with Crippen molar-refractivity contribution in [3.8, 4) is 6.07 Å². The fraction of sp³-hybridized carbons (Fsp3) is 0.105. The van der Waals surface area contributed by atoms with Gasteiger partial charge in [-0.15, -0.1) is 0 Å². The van der Waals surface area contributed by atoms with Gasteiger partial charge in [0.05, 0.1) is 6.61 Å². The Labute approximate surface area is 145 Å². The highest BCUT2D eigenvalue weighted by Gasteiger charge is 2.09. The third-order valence-corrected chi connectivity index (χ3v) is 3.18. The Morgan fingerprint density at radius 3 is 2.32 bits per heavy atom. The highest BCUT2D eigenvalue weighted by molar-refractivity contribution is 6.04. The molecule has 2 aromatic carbocycles. The molecule has 0 atom stereocenters. The van der Waals surface area contributed by atoms with Crippen molar-refractivity contribution in [3.63, 3.8) is 0 Å². The molecule has 0 fully saturated rings. The van der Waals surface area contributed by atoms with Crippen LogP contribution in [0.3, 0.4) is 0 Å². The van der Waals surface area contributed by atoms with Gasteiger partial charge in [-0.2, -0.15) is 5.26 Å². The summed E-state index contributed by atoms with van der Waals surface area (Å²) in [6.07, 6.45) is 1.29. The topological polar surface area (TPSA) is 91.2 Å². The van der Waals surface area contributed by atoms with Crippen LogP contribution in [0.1, 0.15) is 17.3 Å². The predicted octanol–water partition coefficient (Wildman–Crippen LogP) is 3.32. The first kappa shape index (κ1) is 17.8. The van der Waals surface area contributed by atoms with Gasteiger partial charge in [-0.25, -0.2) is 4.79 Å². The summed E-state index contributed by atoms with van der Waals surface area (Å²) in [4.78, 5) is 23.6. The Hall–Kier alpha value is -3.59. The molecule has 1 amide bonds. The van der Waals surface area contributed by atoms with Gasteiger partial charge in [0.15, 0.2) is 5.57 Å². The van der Waals surface area contributed by atoms with E-state index in [9.17, 15) is 9.59 Å². The predicted molar refractivity (Wildman–Crippen MR) is 94.8 cm³/mol. The SMILES string of the molecule is CCOC(=O)/C(C#N)=C\Nc1ccc(NC(=O)c2ccccc2)cc1. The summed E-state index contributed by atoms with van der Waals surface area (Å²) in [5.41, 5.74) is 1.74. The molecule has 0 unspecified atom stereocenters. The zero-order valence-corrected chi connectivity index (χ0v) is 13.7. The van der Waals surface area contributed by atoms with Crippen molar-refractivity contribution < 1.29 is 14.3 Å². The fourth-order valence-corrected chi connectivity index (χ4v) is 1.94. The summed E-state index contributed by atoms with van der Waals surface area (Å²) in [5.74, 6) is -0.875. The normalized spacial score (nSPS) is 10.5. The largest absolute Gasteiger partial charge is 0.462 e. The molecule has 0 aromatic heterocycles. The first-order chi connectivity index (χ1) is 12.1. The minimum Gasteiger partial charge on any atom is -0.462 e. The molecule has 25 heavy (non-hydrogen) atoms. The third kappa shape index (κ3) is 5.22. The number of esters is 1.